The first-order valence-electron chi connectivity index (χ1n) is 7.64. The van der Waals surface area contributed by atoms with Crippen LogP contribution in [0.2, 0.25) is 0 Å². The van der Waals surface area contributed by atoms with Gasteiger partial charge in [0.25, 0.3) is 0 Å². The quantitative estimate of drug-likeness (QED) is 0.935. The van der Waals surface area contributed by atoms with Crippen LogP contribution in [0.1, 0.15) is 19.3 Å². The maximum Gasteiger partial charge on any atom is 0.142 e. The lowest BCUT2D eigenvalue weighted by Crippen LogP contribution is -2.23. The average Bonchev–Trinajstić information content (AvgIpc) is 2.90. The molecule has 0 aliphatic heterocycles. The second kappa shape index (κ2) is 4.73. The molecule has 1 N–H and O–H groups in total. The topological polar surface area (TPSA) is 68.6 Å². The second-order valence-electron chi connectivity index (χ2n) is 6.51. The predicted molar refractivity (Wildman–Crippen MR) is 80.6 cm³/mol. The molecule has 2 aromatic heterocycles. The van der Waals surface area contributed by atoms with Gasteiger partial charge in [-0.1, -0.05) is 0 Å². The van der Waals surface area contributed by atoms with Crippen LogP contribution < -0.4 is 4.90 Å². The molecule has 4 rings (SSSR count). The van der Waals surface area contributed by atoms with E-state index >= 15 is 0 Å². The Labute approximate surface area is 124 Å². The van der Waals surface area contributed by atoms with E-state index in [2.05, 4.69) is 33.0 Å². The molecule has 0 bridgehead atoms. The zero-order chi connectivity index (χ0) is 14.4. The monoisotopic (exact) mass is 281 g/mol. The summed E-state index contributed by atoms with van der Waals surface area (Å²) in [5.74, 6) is 4.14. The Balaban J connectivity index is 1.43. The smallest absolute Gasteiger partial charge is 0.142 e. The van der Waals surface area contributed by atoms with Crippen LogP contribution in [-0.4, -0.2) is 28.5 Å². The lowest BCUT2D eigenvalue weighted by atomic mass is 9.97. The number of nitrogens with zero attached hydrogens (tertiary/aromatic N) is 4. The Kier molecular flexibility index (Phi) is 2.85. The van der Waals surface area contributed by atoms with Crippen molar-refractivity contribution < 1.29 is 0 Å². The molecule has 2 saturated carbocycles. The highest BCUT2D eigenvalue weighted by molar-refractivity contribution is 5.87. The molecule has 21 heavy (non-hydrogen) atoms. The minimum atomic E-state index is 0.655. The van der Waals surface area contributed by atoms with Crippen LogP contribution in [0, 0.1) is 35.0 Å². The number of nitriles is 1. The third-order valence-electron chi connectivity index (χ3n) is 5.28. The number of fused-ring (bicyclic) bond motifs is 2. The Morgan fingerprint density at radius 1 is 1.38 bits per heavy atom. The van der Waals surface area contributed by atoms with Gasteiger partial charge < -0.3 is 9.88 Å². The standard InChI is InChI=1S/C16H19N5/c1-21(16-11-3-5-18-15(11)19-9-20-16)8-14-12-6-10(2-4-17)7-13(12)14/h3,5,9-10,12-14H,2,6-8H2,1H3,(H,18,19,20)/t10?,12-,13+,14?. The van der Waals surface area contributed by atoms with Crippen molar-refractivity contribution in [3.8, 4) is 6.07 Å². The molecule has 0 radical (unpaired) electrons. The number of nitrogens with one attached hydrogen (secondary N) is 1. The van der Waals surface area contributed by atoms with Crippen LogP contribution >= 0.6 is 0 Å². The lowest BCUT2D eigenvalue weighted by Gasteiger charge is -2.20. The summed E-state index contributed by atoms with van der Waals surface area (Å²) in [5, 5.41) is 9.88. The van der Waals surface area contributed by atoms with Crippen LogP contribution in [0.3, 0.4) is 0 Å². The van der Waals surface area contributed by atoms with Gasteiger partial charge >= 0.3 is 0 Å². The van der Waals surface area contributed by atoms with E-state index in [0.717, 1.165) is 47.6 Å². The molecule has 0 amide bonds. The van der Waals surface area contributed by atoms with Crippen LogP contribution in [-0.2, 0) is 0 Å². The summed E-state index contributed by atoms with van der Waals surface area (Å²) in [6.07, 6.45) is 6.78. The third-order valence-corrected chi connectivity index (χ3v) is 5.28. The summed E-state index contributed by atoms with van der Waals surface area (Å²) in [4.78, 5) is 14.1. The highest BCUT2D eigenvalue weighted by atomic mass is 15.2. The average molecular weight is 281 g/mol. The fraction of sp³-hybridized carbons (Fsp3) is 0.562. The van der Waals surface area contributed by atoms with E-state index in [4.69, 9.17) is 5.26 Å². The summed E-state index contributed by atoms with van der Waals surface area (Å²) in [6.45, 7) is 1.06. The molecule has 0 spiro atoms. The van der Waals surface area contributed by atoms with E-state index in [-0.39, 0.29) is 0 Å². The largest absolute Gasteiger partial charge is 0.359 e. The summed E-state index contributed by atoms with van der Waals surface area (Å²) in [6, 6.07) is 4.36. The molecule has 5 heteroatoms. The Morgan fingerprint density at radius 2 is 2.19 bits per heavy atom. The van der Waals surface area contributed by atoms with E-state index in [1.807, 2.05) is 12.3 Å². The predicted octanol–water partition coefficient (Wildman–Crippen LogP) is 2.58. The van der Waals surface area contributed by atoms with Gasteiger partial charge in [-0.2, -0.15) is 5.26 Å². The van der Waals surface area contributed by atoms with E-state index in [1.54, 1.807) is 6.33 Å². The van der Waals surface area contributed by atoms with E-state index < -0.39 is 0 Å². The van der Waals surface area contributed by atoms with Crippen molar-refractivity contribution in [3.05, 3.63) is 18.6 Å². The maximum absolute atomic E-state index is 8.79. The molecule has 108 valence electrons. The molecule has 2 aromatic rings. The molecular weight excluding hydrogens is 262 g/mol. The normalized spacial score (nSPS) is 30.1. The number of aromatic nitrogens is 3. The molecule has 0 aromatic carbocycles. The summed E-state index contributed by atoms with van der Waals surface area (Å²) < 4.78 is 0. The Bertz CT molecular complexity index is 688. The van der Waals surface area contributed by atoms with Crippen LogP contribution in [0.5, 0.6) is 0 Å². The van der Waals surface area contributed by atoms with Gasteiger partial charge in [0.05, 0.1) is 11.5 Å². The molecule has 2 fully saturated rings. The molecule has 2 aliphatic carbocycles. The number of anilines is 1. The molecule has 2 unspecified atom stereocenters. The molecular formula is C16H19N5. The van der Waals surface area contributed by atoms with Crippen molar-refractivity contribution in [2.75, 3.05) is 18.5 Å². The first kappa shape index (κ1) is 12.6. The van der Waals surface area contributed by atoms with Crippen molar-refractivity contribution >= 4 is 16.9 Å². The zero-order valence-corrected chi connectivity index (χ0v) is 12.2. The van der Waals surface area contributed by atoms with Gasteiger partial charge in [-0.15, -0.1) is 0 Å². The summed E-state index contributed by atoms with van der Waals surface area (Å²) >= 11 is 0. The minimum absolute atomic E-state index is 0.655. The van der Waals surface area contributed by atoms with Crippen LogP contribution in [0.25, 0.3) is 11.0 Å². The maximum atomic E-state index is 8.79. The van der Waals surface area contributed by atoms with E-state index in [0.29, 0.717) is 5.92 Å². The molecule has 5 nitrogen and oxygen atoms in total. The zero-order valence-electron chi connectivity index (χ0n) is 12.2. The number of H-pyrrole nitrogens is 1. The van der Waals surface area contributed by atoms with Gasteiger partial charge in [-0.3, -0.25) is 0 Å². The van der Waals surface area contributed by atoms with Gasteiger partial charge in [-0.25, -0.2) is 9.97 Å². The van der Waals surface area contributed by atoms with Crippen LogP contribution in [0.15, 0.2) is 18.6 Å². The molecule has 0 saturated heterocycles. The van der Waals surface area contributed by atoms with Crippen molar-refractivity contribution in [1.82, 2.24) is 15.0 Å². The Hall–Kier alpha value is -2.09. The number of aromatic amines is 1. The van der Waals surface area contributed by atoms with Crippen molar-refractivity contribution in [2.24, 2.45) is 23.7 Å². The summed E-state index contributed by atoms with van der Waals surface area (Å²) in [7, 11) is 2.12. The SMILES string of the molecule is CN(CC1[C@H]2CC(CC#N)C[C@@H]12)c1ncnc2[nH]ccc12. The minimum Gasteiger partial charge on any atom is -0.359 e. The first-order valence-corrected chi connectivity index (χ1v) is 7.64. The van der Waals surface area contributed by atoms with Gasteiger partial charge in [-0.05, 0) is 42.6 Å². The van der Waals surface area contributed by atoms with Gasteiger partial charge in [0.2, 0.25) is 0 Å². The van der Waals surface area contributed by atoms with Gasteiger partial charge in [0, 0.05) is 26.2 Å². The van der Waals surface area contributed by atoms with E-state index in [1.165, 1.54) is 12.8 Å². The fourth-order valence-corrected chi connectivity index (χ4v) is 4.22. The number of hydrogen-bond donors (Lipinski definition) is 1. The van der Waals surface area contributed by atoms with Crippen molar-refractivity contribution in [2.45, 2.75) is 19.3 Å². The lowest BCUT2D eigenvalue weighted by molar-refractivity contribution is 0.446. The Morgan fingerprint density at radius 3 is 2.95 bits per heavy atom. The first-order chi connectivity index (χ1) is 10.3. The summed E-state index contributed by atoms with van der Waals surface area (Å²) in [5.41, 5.74) is 0.900. The van der Waals surface area contributed by atoms with Crippen LogP contribution in [0.4, 0.5) is 5.82 Å². The highest BCUT2D eigenvalue weighted by Gasteiger charge is 2.55. The third kappa shape index (κ3) is 2.06. The molecule has 4 atom stereocenters. The number of rotatable bonds is 4. The number of hydrogen-bond acceptors (Lipinski definition) is 4. The fourth-order valence-electron chi connectivity index (χ4n) is 4.22. The van der Waals surface area contributed by atoms with Gasteiger partial charge in [0.1, 0.15) is 17.8 Å². The second-order valence-corrected chi connectivity index (χ2v) is 6.51. The molecule has 2 aliphatic rings. The van der Waals surface area contributed by atoms with Crippen molar-refractivity contribution in [1.29, 1.82) is 5.26 Å². The van der Waals surface area contributed by atoms with Crippen molar-refractivity contribution in [3.63, 3.8) is 0 Å². The van der Waals surface area contributed by atoms with E-state index in [9.17, 15) is 0 Å². The van der Waals surface area contributed by atoms with Gasteiger partial charge in [0.15, 0.2) is 0 Å². The molecule has 2 heterocycles. The highest BCUT2D eigenvalue weighted by Crippen LogP contribution is 2.60.